The van der Waals surface area contributed by atoms with E-state index >= 15 is 0 Å². The molecule has 0 radical (unpaired) electrons. The molecule has 2 rings (SSSR count). The molecule has 2 amide bonds. The standard InChI is InChI=1S/C12H14N2O2/c1-8-10-5-3-4-6-11(10)13-12(16)7-14(8)9(2)15/h3-6,8H,7H2,1-2H3,(H,13,16). The van der Waals surface area contributed by atoms with Gasteiger partial charge in [0.05, 0.1) is 6.04 Å². The molecule has 1 heterocycles. The first-order valence-electron chi connectivity index (χ1n) is 5.25. The van der Waals surface area contributed by atoms with Crippen molar-refractivity contribution in [2.24, 2.45) is 0 Å². The van der Waals surface area contributed by atoms with Gasteiger partial charge in [0.25, 0.3) is 0 Å². The Labute approximate surface area is 94.2 Å². The number of carbonyl (C=O) groups is 2. The maximum atomic E-state index is 11.6. The molecule has 0 saturated heterocycles. The number of nitrogens with zero attached hydrogens (tertiary/aromatic N) is 1. The van der Waals surface area contributed by atoms with Crippen molar-refractivity contribution in [3.8, 4) is 0 Å². The molecule has 0 fully saturated rings. The van der Waals surface area contributed by atoms with Crippen molar-refractivity contribution in [2.45, 2.75) is 19.9 Å². The van der Waals surface area contributed by atoms with Gasteiger partial charge in [-0.3, -0.25) is 9.59 Å². The Hall–Kier alpha value is -1.84. The van der Waals surface area contributed by atoms with E-state index in [1.54, 1.807) is 4.90 Å². The molecule has 84 valence electrons. The molecule has 0 aliphatic carbocycles. The highest BCUT2D eigenvalue weighted by molar-refractivity contribution is 5.96. The van der Waals surface area contributed by atoms with Gasteiger partial charge in [-0.25, -0.2) is 0 Å². The van der Waals surface area contributed by atoms with Gasteiger partial charge in [0.15, 0.2) is 0 Å². The van der Waals surface area contributed by atoms with Crippen molar-refractivity contribution in [1.82, 2.24) is 4.90 Å². The zero-order valence-corrected chi connectivity index (χ0v) is 9.36. The molecule has 1 atom stereocenters. The van der Waals surface area contributed by atoms with Crippen LogP contribution in [0.3, 0.4) is 0 Å². The van der Waals surface area contributed by atoms with Crippen molar-refractivity contribution >= 4 is 17.5 Å². The van der Waals surface area contributed by atoms with E-state index in [1.807, 2.05) is 31.2 Å². The smallest absolute Gasteiger partial charge is 0.244 e. The third-order valence-corrected chi connectivity index (χ3v) is 2.87. The lowest BCUT2D eigenvalue weighted by molar-refractivity contribution is -0.134. The maximum absolute atomic E-state index is 11.6. The summed E-state index contributed by atoms with van der Waals surface area (Å²) in [5, 5.41) is 2.80. The molecule has 1 N–H and O–H groups in total. The molecule has 0 spiro atoms. The molecule has 1 aromatic rings. The van der Waals surface area contributed by atoms with Crippen molar-refractivity contribution in [2.75, 3.05) is 11.9 Å². The lowest BCUT2D eigenvalue weighted by atomic mass is 10.1. The monoisotopic (exact) mass is 218 g/mol. The number of benzene rings is 1. The summed E-state index contributed by atoms with van der Waals surface area (Å²) >= 11 is 0. The summed E-state index contributed by atoms with van der Waals surface area (Å²) in [6.07, 6.45) is 0. The van der Waals surface area contributed by atoms with Gasteiger partial charge in [0.2, 0.25) is 11.8 Å². The Kier molecular flexibility index (Phi) is 2.64. The van der Waals surface area contributed by atoms with E-state index in [0.717, 1.165) is 11.3 Å². The number of rotatable bonds is 0. The zero-order valence-electron chi connectivity index (χ0n) is 9.36. The molecule has 4 heteroatoms. The number of hydrogen-bond donors (Lipinski definition) is 1. The van der Waals surface area contributed by atoms with Crippen molar-refractivity contribution < 1.29 is 9.59 Å². The number of nitrogens with one attached hydrogen (secondary N) is 1. The first kappa shape index (κ1) is 10.7. The summed E-state index contributed by atoms with van der Waals surface area (Å²) in [7, 11) is 0. The zero-order chi connectivity index (χ0) is 11.7. The van der Waals surface area contributed by atoms with Gasteiger partial charge in [-0.1, -0.05) is 18.2 Å². The Morgan fingerprint density at radius 2 is 2.12 bits per heavy atom. The van der Waals surface area contributed by atoms with Crippen LogP contribution >= 0.6 is 0 Å². The molecule has 0 bridgehead atoms. The van der Waals surface area contributed by atoms with Crippen LogP contribution in [0, 0.1) is 0 Å². The molecular formula is C12H14N2O2. The summed E-state index contributed by atoms with van der Waals surface area (Å²) in [6, 6.07) is 7.49. The summed E-state index contributed by atoms with van der Waals surface area (Å²) in [4.78, 5) is 24.6. The quantitative estimate of drug-likeness (QED) is 0.718. The summed E-state index contributed by atoms with van der Waals surface area (Å²) < 4.78 is 0. The normalized spacial score (nSPS) is 19.8. The minimum absolute atomic E-state index is 0.0763. The average molecular weight is 218 g/mol. The van der Waals surface area contributed by atoms with Gasteiger partial charge in [-0.15, -0.1) is 0 Å². The lowest BCUT2D eigenvalue weighted by Gasteiger charge is -2.25. The second kappa shape index (κ2) is 3.96. The highest BCUT2D eigenvalue weighted by Crippen LogP contribution is 2.29. The van der Waals surface area contributed by atoms with Gasteiger partial charge >= 0.3 is 0 Å². The highest BCUT2D eigenvalue weighted by atomic mass is 16.2. The predicted molar refractivity (Wildman–Crippen MR) is 60.9 cm³/mol. The van der Waals surface area contributed by atoms with Gasteiger partial charge in [0, 0.05) is 12.6 Å². The van der Waals surface area contributed by atoms with Crippen molar-refractivity contribution in [1.29, 1.82) is 0 Å². The number of anilines is 1. The molecule has 4 nitrogen and oxygen atoms in total. The molecule has 1 unspecified atom stereocenters. The SMILES string of the molecule is CC(=O)N1CC(=O)Nc2ccccc2C1C. The first-order valence-corrected chi connectivity index (χ1v) is 5.25. The van der Waals surface area contributed by atoms with Crippen LogP contribution < -0.4 is 5.32 Å². The van der Waals surface area contributed by atoms with E-state index in [-0.39, 0.29) is 24.4 Å². The molecular weight excluding hydrogens is 204 g/mol. The van der Waals surface area contributed by atoms with Crippen LogP contribution in [-0.4, -0.2) is 23.3 Å². The summed E-state index contributed by atoms with van der Waals surface area (Å²) in [5.74, 6) is -0.230. The number of para-hydroxylation sites is 1. The van der Waals surface area contributed by atoms with E-state index in [4.69, 9.17) is 0 Å². The van der Waals surface area contributed by atoms with Crippen LogP contribution in [0.2, 0.25) is 0 Å². The van der Waals surface area contributed by atoms with Crippen LogP contribution in [0.25, 0.3) is 0 Å². The third-order valence-electron chi connectivity index (χ3n) is 2.87. The molecule has 0 aromatic heterocycles. The van der Waals surface area contributed by atoms with Gasteiger partial charge in [-0.05, 0) is 18.6 Å². The Balaban J connectivity index is 2.46. The number of hydrogen-bond acceptors (Lipinski definition) is 2. The predicted octanol–water partition coefficient (Wildman–Crippen LogP) is 1.55. The van der Waals surface area contributed by atoms with E-state index < -0.39 is 0 Å². The summed E-state index contributed by atoms with van der Waals surface area (Å²) in [6.45, 7) is 3.53. The molecule has 1 aromatic carbocycles. The van der Waals surface area contributed by atoms with Gasteiger partial charge in [-0.2, -0.15) is 0 Å². The minimum atomic E-state index is -0.146. The fourth-order valence-corrected chi connectivity index (χ4v) is 2.01. The third kappa shape index (κ3) is 1.78. The van der Waals surface area contributed by atoms with Crippen LogP contribution in [0.1, 0.15) is 25.5 Å². The van der Waals surface area contributed by atoms with Crippen LogP contribution in [-0.2, 0) is 9.59 Å². The average Bonchev–Trinajstić information content (AvgIpc) is 2.37. The van der Waals surface area contributed by atoms with Crippen molar-refractivity contribution in [3.63, 3.8) is 0 Å². The second-order valence-corrected chi connectivity index (χ2v) is 3.96. The van der Waals surface area contributed by atoms with E-state index in [0.29, 0.717) is 0 Å². The minimum Gasteiger partial charge on any atom is -0.327 e. The molecule has 1 aliphatic rings. The fraction of sp³-hybridized carbons (Fsp3) is 0.333. The van der Waals surface area contributed by atoms with Crippen LogP contribution in [0.4, 0.5) is 5.69 Å². The van der Waals surface area contributed by atoms with Crippen LogP contribution in [0.15, 0.2) is 24.3 Å². The topological polar surface area (TPSA) is 49.4 Å². The Bertz CT molecular complexity index is 442. The fourth-order valence-electron chi connectivity index (χ4n) is 2.01. The van der Waals surface area contributed by atoms with E-state index in [9.17, 15) is 9.59 Å². The van der Waals surface area contributed by atoms with Gasteiger partial charge in [0.1, 0.15) is 6.54 Å². The maximum Gasteiger partial charge on any atom is 0.244 e. The summed E-state index contributed by atoms with van der Waals surface area (Å²) in [5.41, 5.74) is 1.77. The highest BCUT2D eigenvalue weighted by Gasteiger charge is 2.26. The molecule has 1 aliphatic heterocycles. The Morgan fingerprint density at radius 1 is 1.44 bits per heavy atom. The molecule has 16 heavy (non-hydrogen) atoms. The number of carbonyl (C=O) groups excluding carboxylic acids is 2. The molecule has 0 saturated carbocycles. The Morgan fingerprint density at radius 3 is 2.81 bits per heavy atom. The van der Waals surface area contributed by atoms with Crippen LogP contribution in [0.5, 0.6) is 0 Å². The number of amides is 2. The lowest BCUT2D eigenvalue weighted by Crippen LogP contribution is -2.35. The van der Waals surface area contributed by atoms with Crippen molar-refractivity contribution in [3.05, 3.63) is 29.8 Å². The first-order chi connectivity index (χ1) is 7.59. The second-order valence-electron chi connectivity index (χ2n) is 3.96. The van der Waals surface area contributed by atoms with E-state index in [1.165, 1.54) is 6.92 Å². The number of fused-ring (bicyclic) bond motifs is 1. The van der Waals surface area contributed by atoms with E-state index in [2.05, 4.69) is 5.32 Å². The van der Waals surface area contributed by atoms with Gasteiger partial charge < -0.3 is 10.2 Å². The largest absolute Gasteiger partial charge is 0.327 e.